The van der Waals surface area contributed by atoms with Crippen molar-refractivity contribution in [2.45, 2.75) is 32.9 Å². The van der Waals surface area contributed by atoms with Gasteiger partial charge in [-0.2, -0.15) is 0 Å². The molecule has 0 aliphatic rings. The highest BCUT2D eigenvalue weighted by Crippen LogP contribution is 2.36. The van der Waals surface area contributed by atoms with Crippen LogP contribution in [-0.4, -0.2) is 12.2 Å². The molecule has 0 heterocycles. The first-order chi connectivity index (χ1) is 7.69. The fraction of sp³-hybridized carbons (Fsp3) is 0.538. The summed E-state index contributed by atoms with van der Waals surface area (Å²) in [6, 6.07) is 3.15. The topological polar surface area (TPSA) is 26.0 Å². The van der Waals surface area contributed by atoms with E-state index in [-0.39, 0.29) is 18.5 Å². The molecule has 1 nitrogen and oxygen atoms in total. The lowest BCUT2D eigenvalue weighted by Crippen LogP contribution is -2.47. The minimum Gasteiger partial charge on any atom is -0.327 e. The summed E-state index contributed by atoms with van der Waals surface area (Å²) in [6.07, 6.45) is -0.154. The van der Waals surface area contributed by atoms with Gasteiger partial charge in [-0.05, 0) is 17.0 Å². The molecule has 0 aliphatic heterocycles. The molecule has 4 heteroatoms. The van der Waals surface area contributed by atoms with E-state index in [1.54, 1.807) is 20.8 Å². The first-order valence-corrected chi connectivity index (χ1v) is 5.52. The minimum atomic E-state index is -1.72. The molecule has 0 radical (unpaired) electrons. The van der Waals surface area contributed by atoms with Gasteiger partial charge in [0, 0.05) is 19.0 Å². The largest absolute Gasteiger partial charge is 0.327 e. The Kier molecular flexibility index (Phi) is 3.87. The van der Waals surface area contributed by atoms with Crippen molar-refractivity contribution in [1.29, 1.82) is 0 Å². The summed E-state index contributed by atoms with van der Waals surface area (Å²) in [5.41, 5.74) is 3.17. The smallest absolute Gasteiger partial charge is 0.132 e. The number of hydrogen-bond acceptors (Lipinski definition) is 1. The predicted octanol–water partition coefficient (Wildman–Crippen LogP) is 3.22. The number of nitrogens with two attached hydrogens (primary N) is 1. The Morgan fingerprint density at radius 1 is 1.18 bits per heavy atom. The van der Waals surface area contributed by atoms with E-state index in [0.29, 0.717) is 0 Å². The Labute approximate surface area is 99.8 Å². The van der Waals surface area contributed by atoms with Gasteiger partial charge in [0.2, 0.25) is 0 Å². The van der Waals surface area contributed by atoms with E-state index in [0.717, 1.165) is 12.1 Å². The maximum atomic E-state index is 14.6. The lowest BCUT2D eigenvalue weighted by Gasteiger charge is -2.37. The number of benzene rings is 1. The second-order valence-corrected chi connectivity index (χ2v) is 5.33. The molecule has 0 saturated carbocycles. The van der Waals surface area contributed by atoms with E-state index in [1.165, 1.54) is 6.07 Å². The molecule has 0 aliphatic carbocycles. The lowest BCUT2D eigenvalue weighted by atomic mass is 9.74. The van der Waals surface area contributed by atoms with E-state index >= 15 is 0 Å². The van der Waals surface area contributed by atoms with Gasteiger partial charge in [-0.15, -0.1) is 0 Å². The van der Waals surface area contributed by atoms with Crippen LogP contribution in [0, 0.1) is 17.0 Å². The third-order valence-electron chi connectivity index (χ3n) is 3.15. The molecule has 0 amide bonds. The van der Waals surface area contributed by atoms with Crippen LogP contribution in [0.4, 0.5) is 13.2 Å². The molecule has 1 aromatic rings. The highest BCUT2D eigenvalue weighted by molar-refractivity contribution is 5.21. The van der Waals surface area contributed by atoms with Gasteiger partial charge in [0.05, 0.1) is 0 Å². The molecule has 1 unspecified atom stereocenters. The highest BCUT2D eigenvalue weighted by atomic mass is 19.1. The summed E-state index contributed by atoms with van der Waals surface area (Å²) in [6.45, 7) is 4.93. The summed E-state index contributed by atoms with van der Waals surface area (Å²) < 4.78 is 40.8. The van der Waals surface area contributed by atoms with Crippen LogP contribution in [0.25, 0.3) is 0 Å². The Morgan fingerprint density at radius 2 is 1.76 bits per heavy atom. The summed E-state index contributed by atoms with van der Waals surface area (Å²) >= 11 is 0. The van der Waals surface area contributed by atoms with E-state index in [9.17, 15) is 13.2 Å². The Morgan fingerprint density at radius 3 is 2.18 bits per heavy atom. The summed E-state index contributed by atoms with van der Waals surface area (Å²) in [5.74, 6) is -1.40. The average molecular weight is 245 g/mol. The molecular formula is C13H18F3N. The van der Waals surface area contributed by atoms with Gasteiger partial charge in [-0.25, -0.2) is 13.2 Å². The highest BCUT2D eigenvalue weighted by Gasteiger charge is 2.41. The van der Waals surface area contributed by atoms with Crippen molar-refractivity contribution in [3.8, 4) is 0 Å². The van der Waals surface area contributed by atoms with Crippen molar-refractivity contribution in [1.82, 2.24) is 0 Å². The Balaban J connectivity index is 3.03. The summed E-state index contributed by atoms with van der Waals surface area (Å²) in [4.78, 5) is 0. The molecule has 17 heavy (non-hydrogen) atoms. The summed E-state index contributed by atoms with van der Waals surface area (Å²) in [5, 5.41) is 0. The molecule has 1 atom stereocenters. The molecule has 2 N–H and O–H groups in total. The van der Waals surface area contributed by atoms with Crippen LogP contribution in [0.15, 0.2) is 18.2 Å². The molecule has 0 aromatic heterocycles. The molecule has 0 bridgehead atoms. The van der Waals surface area contributed by atoms with Crippen LogP contribution in [0.1, 0.15) is 26.3 Å². The van der Waals surface area contributed by atoms with Crippen molar-refractivity contribution in [3.05, 3.63) is 35.4 Å². The number of hydrogen-bond donors (Lipinski definition) is 1. The first-order valence-electron chi connectivity index (χ1n) is 5.52. The number of alkyl halides is 1. The predicted molar refractivity (Wildman–Crippen MR) is 62.4 cm³/mol. The van der Waals surface area contributed by atoms with Crippen molar-refractivity contribution in [3.63, 3.8) is 0 Å². The maximum absolute atomic E-state index is 14.6. The van der Waals surface area contributed by atoms with Crippen LogP contribution < -0.4 is 5.73 Å². The number of rotatable bonds is 3. The minimum absolute atomic E-state index is 0.147. The molecule has 0 fully saturated rings. The quantitative estimate of drug-likeness (QED) is 0.869. The van der Waals surface area contributed by atoms with Gasteiger partial charge in [-0.1, -0.05) is 26.8 Å². The normalized spacial score (nSPS) is 15.7. The molecule has 1 aromatic carbocycles. The van der Waals surface area contributed by atoms with E-state index in [4.69, 9.17) is 5.73 Å². The summed E-state index contributed by atoms with van der Waals surface area (Å²) in [7, 11) is 0. The van der Waals surface area contributed by atoms with Gasteiger partial charge >= 0.3 is 0 Å². The SMILES string of the molecule is CC(C)(C)C(F)(CN)Cc1ccc(F)cc1F. The average Bonchev–Trinajstić information content (AvgIpc) is 2.20. The van der Waals surface area contributed by atoms with Gasteiger partial charge in [0.1, 0.15) is 17.3 Å². The standard InChI is InChI=1S/C13H18F3N/c1-12(2,3)13(16,8-17)7-9-4-5-10(14)6-11(9)15/h4-6H,7-8,17H2,1-3H3. The van der Waals surface area contributed by atoms with Crippen molar-refractivity contribution < 1.29 is 13.2 Å². The Hall–Kier alpha value is -1.03. The van der Waals surface area contributed by atoms with Crippen molar-refractivity contribution in [2.75, 3.05) is 6.54 Å². The van der Waals surface area contributed by atoms with Crippen molar-refractivity contribution in [2.24, 2.45) is 11.1 Å². The Bertz CT molecular complexity index is 398. The monoisotopic (exact) mass is 245 g/mol. The third kappa shape index (κ3) is 3.00. The third-order valence-corrected chi connectivity index (χ3v) is 3.15. The first kappa shape index (κ1) is 14.0. The van der Waals surface area contributed by atoms with E-state index in [2.05, 4.69) is 0 Å². The molecular weight excluding hydrogens is 227 g/mol. The van der Waals surface area contributed by atoms with Gasteiger partial charge < -0.3 is 5.73 Å². The zero-order valence-electron chi connectivity index (χ0n) is 10.4. The molecule has 0 saturated heterocycles. The van der Waals surface area contributed by atoms with Crippen LogP contribution in [0.2, 0.25) is 0 Å². The fourth-order valence-corrected chi connectivity index (χ4v) is 1.61. The molecule has 1 rings (SSSR count). The zero-order chi connectivity index (χ0) is 13.3. The van der Waals surface area contributed by atoms with Crippen LogP contribution in [0.5, 0.6) is 0 Å². The van der Waals surface area contributed by atoms with Crippen LogP contribution in [-0.2, 0) is 6.42 Å². The second-order valence-electron chi connectivity index (χ2n) is 5.33. The second kappa shape index (κ2) is 4.69. The van der Waals surface area contributed by atoms with Crippen molar-refractivity contribution >= 4 is 0 Å². The lowest BCUT2D eigenvalue weighted by molar-refractivity contribution is 0.0374. The van der Waals surface area contributed by atoms with E-state index in [1.807, 2.05) is 0 Å². The van der Waals surface area contributed by atoms with Gasteiger partial charge in [-0.3, -0.25) is 0 Å². The van der Waals surface area contributed by atoms with Crippen LogP contribution in [0.3, 0.4) is 0 Å². The van der Waals surface area contributed by atoms with E-state index < -0.39 is 22.7 Å². The van der Waals surface area contributed by atoms with Gasteiger partial charge in [0.25, 0.3) is 0 Å². The van der Waals surface area contributed by atoms with Crippen LogP contribution >= 0.6 is 0 Å². The molecule has 0 spiro atoms. The van der Waals surface area contributed by atoms with Gasteiger partial charge in [0.15, 0.2) is 0 Å². The number of halogens is 3. The maximum Gasteiger partial charge on any atom is 0.132 e. The zero-order valence-corrected chi connectivity index (χ0v) is 10.4. The molecule has 96 valence electrons. The fourth-order valence-electron chi connectivity index (χ4n) is 1.61.